The van der Waals surface area contributed by atoms with Crippen LogP contribution in [0.2, 0.25) is 0 Å². The van der Waals surface area contributed by atoms with Crippen LogP contribution in [0.3, 0.4) is 0 Å². The molecule has 1 aliphatic carbocycles. The van der Waals surface area contributed by atoms with Crippen molar-refractivity contribution in [1.82, 2.24) is 15.5 Å². The van der Waals surface area contributed by atoms with E-state index in [1.807, 2.05) is 0 Å². The van der Waals surface area contributed by atoms with E-state index in [1.54, 1.807) is 4.90 Å². The lowest BCUT2D eigenvalue weighted by molar-refractivity contribution is -0.132. The molecule has 2 amide bonds. The Morgan fingerprint density at radius 3 is 2.52 bits per heavy atom. The monoisotopic (exact) mass is 399 g/mol. The van der Waals surface area contributed by atoms with Crippen LogP contribution in [0.4, 0.5) is 0 Å². The van der Waals surface area contributed by atoms with Gasteiger partial charge in [0.1, 0.15) is 0 Å². The fraction of sp³-hybridized carbons (Fsp3) is 0.895. The number of rotatable bonds is 7. The Balaban J connectivity index is 1.41. The van der Waals surface area contributed by atoms with Gasteiger partial charge in [0.25, 0.3) is 0 Å². The molecule has 2 aliphatic heterocycles. The highest BCUT2D eigenvalue weighted by Crippen LogP contribution is 2.26. The highest BCUT2D eigenvalue weighted by atomic mass is 32.2. The molecule has 154 valence electrons. The Kier molecular flexibility index (Phi) is 7.14. The summed E-state index contributed by atoms with van der Waals surface area (Å²) in [6, 6.07) is -0.0767. The summed E-state index contributed by atoms with van der Waals surface area (Å²) in [5, 5.41) is 5.97. The molecule has 2 atom stereocenters. The van der Waals surface area contributed by atoms with E-state index in [2.05, 4.69) is 10.6 Å². The number of amides is 2. The highest BCUT2D eigenvalue weighted by molar-refractivity contribution is 7.92. The molecule has 3 aliphatic rings. The van der Waals surface area contributed by atoms with E-state index in [0.717, 1.165) is 57.9 Å². The van der Waals surface area contributed by atoms with E-state index >= 15 is 0 Å². The molecule has 7 nitrogen and oxygen atoms in total. The van der Waals surface area contributed by atoms with Crippen molar-refractivity contribution in [3.63, 3.8) is 0 Å². The Bertz CT molecular complexity index is 625. The lowest BCUT2D eigenvalue weighted by Gasteiger charge is -2.33. The molecule has 27 heavy (non-hydrogen) atoms. The minimum Gasteiger partial charge on any atom is -0.354 e. The Morgan fingerprint density at radius 2 is 1.81 bits per heavy atom. The Hall–Kier alpha value is -1.15. The lowest BCUT2D eigenvalue weighted by atomic mass is 9.97. The van der Waals surface area contributed by atoms with Crippen LogP contribution in [0.1, 0.15) is 57.8 Å². The summed E-state index contributed by atoms with van der Waals surface area (Å²) in [5.74, 6) is 0.213. The Labute approximate surface area is 162 Å². The maximum atomic E-state index is 12.5. The fourth-order valence-electron chi connectivity index (χ4n) is 4.54. The largest absolute Gasteiger partial charge is 0.354 e. The van der Waals surface area contributed by atoms with Gasteiger partial charge in [-0.15, -0.1) is 0 Å². The molecule has 0 bridgehead atoms. The molecule has 0 aromatic rings. The van der Waals surface area contributed by atoms with Crippen LogP contribution in [0.25, 0.3) is 0 Å². The van der Waals surface area contributed by atoms with Crippen molar-refractivity contribution in [3.05, 3.63) is 0 Å². The third kappa shape index (κ3) is 5.67. The number of nitrogens with zero attached hydrogens (tertiary/aromatic N) is 1. The minimum atomic E-state index is -3.15. The van der Waals surface area contributed by atoms with Crippen LogP contribution < -0.4 is 10.6 Å². The van der Waals surface area contributed by atoms with E-state index in [1.165, 1.54) is 0 Å². The number of piperidine rings is 1. The number of sulfone groups is 1. The fourth-order valence-corrected chi connectivity index (χ4v) is 6.38. The van der Waals surface area contributed by atoms with E-state index in [4.69, 9.17) is 0 Å². The van der Waals surface area contributed by atoms with Crippen LogP contribution in [0.15, 0.2) is 0 Å². The molecular weight excluding hydrogens is 366 g/mol. The standard InChI is InChI=1S/C19H33N3O4S/c23-18(9-12-27(25,26)16-6-1-2-7-16)22-11-4-5-15(14-22)13-21-19(24)17-8-3-10-20-17/h15-17,20H,1-14H2,(H,21,24). The zero-order chi connectivity index (χ0) is 19.3. The molecule has 0 radical (unpaired) electrons. The van der Waals surface area contributed by atoms with E-state index in [0.29, 0.717) is 19.6 Å². The number of likely N-dealkylation sites (tertiary alicyclic amines) is 1. The molecular formula is C19H33N3O4S. The van der Waals surface area contributed by atoms with E-state index in [-0.39, 0.29) is 41.2 Å². The van der Waals surface area contributed by atoms with Gasteiger partial charge in [-0.2, -0.15) is 0 Å². The average Bonchev–Trinajstić information content (AvgIpc) is 3.38. The van der Waals surface area contributed by atoms with E-state index < -0.39 is 9.84 Å². The first-order valence-corrected chi connectivity index (χ1v) is 12.2. The van der Waals surface area contributed by atoms with Gasteiger partial charge in [0.2, 0.25) is 11.8 Å². The predicted molar refractivity (Wildman–Crippen MR) is 104 cm³/mol. The predicted octanol–water partition coefficient (Wildman–Crippen LogP) is 0.841. The van der Waals surface area contributed by atoms with E-state index in [9.17, 15) is 18.0 Å². The molecule has 2 saturated heterocycles. The zero-order valence-electron chi connectivity index (χ0n) is 16.1. The third-order valence-electron chi connectivity index (χ3n) is 6.22. The van der Waals surface area contributed by atoms with Crippen molar-refractivity contribution in [2.24, 2.45) is 5.92 Å². The molecule has 0 aromatic heterocycles. The van der Waals surface area contributed by atoms with Crippen LogP contribution >= 0.6 is 0 Å². The topological polar surface area (TPSA) is 95.6 Å². The molecule has 2 heterocycles. The summed E-state index contributed by atoms with van der Waals surface area (Å²) in [6.07, 6.45) is 7.36. The molecule has 0 aromatic carbocycles. The summed E-state index contributed by atoms with van der Waals surface area (Å²) in [4.78, 5) is 26.4. The number of nitrogens with one attached hydrogen (secondary N) is 2. The number of carbonyl (C=O) groups is 2. The van der Waals surface area contributed by atoms with Gasteiger partial charge in [-0.05, 0) is 51.0 Å². The highest BCUT2D eigenvalue weighted by Gasteiger charge is 2.31. The van der Waals surface area contributed by atoms with Gasteiger partial charge < -0.3 is 15.5 Å². The van der Waals surface area contributed by atoms with Gasteiger partial charge >= 0.3 is 0 Å². The zero-order valence-corrected chi connectivity index (χ0v) is 16.9. The van der Waals surface area contributed by atoms with Crippen molar-refractivity contribution in [2.75, 3.05) is 31.9 Å². The van der Waals surface area contributed by atoms with Crippen LogP contribution in [0, 0.1) is 5.92 Å². The first-order valence-electron chi connectivity index (χ1n) is 10.5. The first kappa shape index (κ1) is 20.6. The summed E-state index contributed by atoms with van der Waals surface area (Å²) in [6.45, 7) is 2.78. The molecule has 2 unspecified atom stereocenters. The van der Waals surface area contributed by atoms with Crippen LogP contribution in [-0.4, -0.2) is 68.4 Å². The van der Waals surface area contributed by atoms with Crippen LogP contribution in [0.5, 0.6) is 0 Å². The van der Waals surface area contributed by atoms with Gasteiger partial charge in [-0.25, -0.2) is 8.42 Å². The summed E-state index contributed by atoms with van der Waals surface area (Å²) in [7, 11) is -3.15. The smallest absolute Gasteiger partial charge is 0.237 e. The van der Waals surface area contributed by atoms with Crippen molar-refractivity contribution in [3.8, 4) is 0 Å². The third-order valence-corrected chi connectivity index (χ3v) is 8.48. The first-order chi connectivity index (χ1) is 13.0. The molecule has 1 saturated carbocycles. The molecule has 3 fully saturated rings. The maximum Gasteiger partial charge on any atom is 0.237 e. The maximum absolute atomic E-state index is 12.5. The SMILES string of the molecule is O=C(NCC1CCCN(C(=O)CCS(=O)(=O)C2CCCC2)C1)C1CCCN1. The average molecular weight is 400 g/mol. The molecule has 2 N–H and O–H groups in total. The van der Waals surface area contributed by atoms with Crippen molar-refractivity contribution in [2.45, 2.75) is 69.1 Å². The van der Waals surface area contributed by atoms with Crippen molar-refractivity contribution in [1.29, 1.82) is 0 Å². The minimum absolute atomic E-state index is 0.0260. The van der Waals surface area contributed by atoms with Crippen LogP contribution in [-0.2, 0) is 19.4 Å². The molecule has 0 spiro atoms. The summed E-state index contributed by atoms with van der Waals surface area (Å²) in [5.41, 5.74) is 0. The Morgan fingerprint density at radius 1 is 1.04 bits per heavy atom. The van der Waals surface area contributed by atoms with Gasteiger partial charge in [0, 0.05) is 26.1 Å². The second-order valence-electron chi connectivity index (χ2n) is 8.27. The number of hydrogen-bond acceptors (Lipinski definition) is 5. The van der Waals surface area contributed by atoms with Gasteiger partial charge in [0.15, 0.2) is 9.84 Å². The second kappa shape index (κ2) is 9.37. The normalized spacial score (nSPS) is 27.0. The summed E-state index contributed by atoms with van der Waals surface area (Å²) >= 11 is 0. The van der Waals surface area contributed by atoms with Gasteiger partial charge in [-0.1, -0.05) is 12.8 Å². The van der Waals surface area contributed by atoms with Gasteiger partial charge in [0.05, 0.1) is 17.0 Å². The quantitative estimate of drug-likeness (QED) is 0.661. The lowest BCUT2D eigenvalue weighted by Crippen LogP contribution is -2.47. The number of hydrogen-bond donors (Lipinski definition) is 2. The molecule has 8 heteroatoms. The second-order valence-corrected chi connectivity index (χ2v) is 10.7. The van der Waals surface area contributed by atoms with Crippen molar-refractivity contribution >= 4 is 21.7 Å². The van der Waals surface area contributed by atoms with Crippen molar-refractivity contribution < 1.29 is 18.0 Å². The summed E-state index contributed by atoms with van der Waals surface area (Å²) < 4.78 is 24.7. The van der Waals surface area contributed by atoms with Gasteiger partial charge in [-0.3, -0.25) is 9.59 Å². The molecule has 3 rings (SSSR count). The number of carbonyl (C=O) groups excluding carboxylic acids is 2.